The van der Waals surface area contributed by atoms with Crippen LogP contribution in [-0.4, -0.2) is 51.1 Å². The first kappa shape index (κ1) is 27.2. The number of fused-ring (bicyclic) bond motifs is 1. The van der Waals surface area contributed by atoms with E-state index < -0.39 is 0 Å². The van der Waals surface area contributed by atoms with E-state index in [1.807, 2.05) is 71.8 Å². The van der Waals surface area contributed by atoms with Gasteiger partial charge in [-0.1, -0.05) is 41.6 Å². The fourth-order valence-corrected chi connectivity index (χ4v) is 4.70. The molecule has 2 heterocycles. The van der Waals surface area contributed by atoms with Crippen molar-refractivity contribution in [3.63, 3.8) is 0 Å². The number of ether oxygens (including phenoxy) is 2. The Morgan fingerprint density at radius 1 is 0.619 bits per heavy atom. The molecule has 4 N–H and O–H groups in total. The van der Waals surface area contributed by atoms with Gasteiger partial charge in [0.25, 0.3) is 0 Å². The Bertz CT molecular complexity index is 1670. The molecular formula is C33H33N7O2. The summed E-state index contributed by atoms with van der Waals surface area (Å²) in [5.74, 6) is 1.58. The van der Waals surface area contributed by atoms with Crippen LogP contribution in [-0.2, 0) is 0 Å². The molecule has 0 atom stereocenters. The smallest absolute Gasteiger partial charge is 0.121 e. The zero-order valence-electron chi connectivity index (χ0n) is 23.3. The van der Waals surface area contributed by atoms with Crippen molar-refractivity contribution in [2.75, 3.05) is 26.3 Å². The molecule has 2 aromatic heterocycles. The Morgan fingerprint density at radius 3 is 1.95 bits per heavy atom. The maximum atomic E-state index is 5.80. The van der Waals surface area contributed by atoms with Crippen LogP contribution in [0.2, 0.25) is 0 Å². The fraction of sp³-hybridized carbons (Fsp3) is 0.182. The second kappa shape index (κ2) is 12.7. The summed E-state index contributed by atoms with van der Waals surface area (Å²) < 4.78 is 15.2. The summed E-state index contributed by atoms with van der Waals surface area (Å²) in [5, 5.41) is 15.7. The lowest BCUT2D eigenvalue weighted by atomic mass is 10.0. The average molecular weight is 560 g/mol. The summed E-state index contributed by atoms with van der Waals surface area (Å²) in [6.45, 7) is 2.39. The first-order valence-corrected chi connectivity index (χ1v) is 14.1. The molecule has 4 aromatic carbocycles. The van der Waals surface area contributed by atoms with Crippen molar-refractivity contribution in [2.45, 2.75) is 12.8 Å². The van der Waals surface area contributed by atoms with E-state index in [1.165, 1.54) is 0 Å². The van der Waals surface area contributed by atoms with Crippen LogP contribution in [0.4, 0.5) is 0 Å². The summed E-state index contributed by atoms with van der Waals surface area (Å²) in [6.07, 6.45) is 7.47. The number of rotatable bonds is 12. The summed E-state index contributed by atoms with van der Waals surface area (Å²) in [7, 11) is 0. The van der Waals surface area contributed by atoms with Gasteiger partial charge in [-0.2, -0.15) is 5.10 Å². The topological polar surface area (TPSA) is 119 Å². The van der Waals surface area contributed by atoms with Gasteiger partial charge in [0.15, 0.2) is 0 Å². The molecule has 9 nitrogen and oxygen atoms in total. The van der Waals surface area contributed by atoms with Crippen LogP contribution in [0.5, 0.6) is 11.5 Å². The molecule has 0 bridgehead atoms. The van der Waals surface area contributed by atoms with E-state index in [0.29, 0.717) is 26.3 Å². The Morgan fingerprint density at radius 2 is 1.26 bits per heavy atom. The minimum absolute atomic E-state index is 0.584. The summed E-state index contributed by atoms with van der Waals surface area (Å²) in [5.41, 5.74) is 16.9. The van der Waals surface area contributed by atoms with Crippen LogP contribution in [0.25, 0.3) is 44.5 Å². The number of aromatic nitrogens is 5. The second-order valence-electron chi connectivity index (χ2n) is 9.97. The molecule has 9 heteroatoms. The largest absolute Gasteiger partial charge is 0.493 e. The third-order valence-electron chi connectivity index (χ3n) is 6.94. The SMILES string of the molecule is NCCCOc1cccc(-n2cc(-c3ccc4ccc(-c5cn(-c6cccc(OCCCN)c6)nn5)cc4c3)cn2)c1. The molecule has 0 spiro atoms. The Labute approximate surface area is 244 Å². The Hall–Kier alpha value is -4.99. The van der Waals surface area contributed by atoms with Gasteiger partial charge in [-0.05, 0) is 78.7 Å². The molecule has 0 fully saturated rings. The molecule has 42 heavy (non-hydrogen) atoms. The standard InChI is InChI=1S/C33H33N7O2/c34-13-3-15-41-31-7-1-5-29(19-31)39-22-28(21-36-39)25-11-9-24-10-12-26(18-27(24)17-25)33-23-40(38-37-33)30-6-2-8-32(20-30)42-16-4-14-35/h1-2,5-12,17-23H,3-4,13-16,34-35H2. The zero-order chi connectivity index (χ0) is 28.7. The highest BCUT2D eigenvalue weighted by Crippen LogP contribution is 2.29. The minimum Gasteiger partial charge on any atom is -0.493 e. The second-order valence-corrected chi connectivity index (χ2v) is 9.97. The maximum Gasteiger partial charge on any atom is 0.121 e. The normalized spacial score (nSPS) is 11.2. The molecule has 0 aliphatic heterocycles. The summed E-state index contributed by atoms with van der Waals surface area (Å²) in [6, 6.07) is 28.5. The van der Waals surface area contributed by atoms with Crippen molar-refractivity contribution in [1.82, 2.24) is 24.8 Å². The maximum absolute atomic E-state index is 5.80. The molecule has 0 amide bonds. The number of nitrogens with two attached hydrogens (primary N) is 2. The van der Waals surface area contributed by atoms with Gasteiger partial charge in [0, 0.05) is 29.5 Å². The van der Waals surface area contributed by atoms with Gasteiger partial charge in [0.05, 0.1) is 37.0 Å². The van der Waals surface area contributed by atoms with Gasteiger partial charge in [-0.25, -0.2) is 9.36 Å². The predicted molar refractivity (Wildman–Crippen MR) is 165 cm³/mol. The molecule has 0 aliphatic carbocycles. The lowest BCUT2D eigenvalue weighted by molar-refractivity contribution is 0.313. The monoisotopic (exact) mass is 559 g/mol. The first-order valence-electron chi connectivity index (χ1n) is 14.1. The highest BCUT2D eigenvalue weighted by atomic mass is 16.5. The molecule has 0 unspecified atom stereocenters. The molecule has 0 radical (unpaired) electrons. The average Bonchev–Trinajstić information content (AvgIpc) is 3.73. The van der Waals surface area contributed by atoms with E-state index in [9.17, 15) is 0 Å². The highest BCUT2D eigenvalue weighted by Gasteiger charge is 2.10. The van der Waals surface area contributed by atoms with Crippen LogP contribution >= 0.6 is 0 Å². The molecule has 6 aromatic rings. The molecular weight excluding hydrogens is 526 g/mol. The van der Waals surface area contributed by atoms with Crippen LogP contribution in [0.15, 0.2) is 104 Å². The number of benzene rings is 4. The third kappa shape index (κ3) is 6.17. The van der Waals surface area contributed by atoms with Gasteiger partial charge < -0.3 is 20.9 Å². The molecule has 212 valence electrons. The lowest BCUT2D eigenvalue weighted by Gasteiger charge is -2.07. The van der Waals surface area contributed by atoms with E-state index in [4.69, 9.17) is 20.9 Å². The van der Waals surface area contributed by atoms with E-state index in [1.54, 1.807) is 4.68 Å². The quantitative estimate of drug-likeness (QED) is 0.193. The third-order valence-corrected chi connectivity index (χ3v) is 6.94. The van der Waals surface area contributed by atoms with E-state index >= 15 is 0 Å². The Balaban J connectivity index is 1.22. The fourth-order valence-electron chi connectivity index (χ4n) is 4.70. The molecule has 0 saturated carbocycles. The van der Waals surface area contributed by atoms with Gasteiger partial charge in [-0.3, -0.25) is 0 Å². The van der Waals surface area contributed by atoms with Crippen molar-refractivity contribution < 1.29 is 9.47 Å². The first-order chi connectivity index (χ1) is 20.7. The van der Waals surface area contributed by atoms with Crippen molar-refractivity contribution in [2.24, 2.45) is 11.5 Å². The van der Waals surface area contributed by atoms with E-state index in [-0.39, 0.29) is 0 Å². The number of nitrogens with zero attached hydrogens (tertiary/aromatic N) is 5. The van der Waals surface area contributed by atoms with Crippen LogP contribution < -0.4 is 20.9 Å². The van der Waals surface area contributed by atoms with Crippen molar-refractivity contribution in [1.29, 1.82) is 0 Å². The highest BCUT2D eigenvalue weighted by molar-refractivity contribution is 5.90. The van der Waals surface area contributed by atoms with Crippen LogP contribution in [0.1, 0.15) is 12.8 Å². The molecule has 0 saturated heterocycles. The van der Waals surface area contributed by atoms with Gasteiger partial charge in [-0.15, -0.1) is 5.10 Å². The molecule has 6 rings (SSSR count). The number of hydrogen-bond acceptors (Lipinski definition) is 7. The number of hydrogen-bond donors (Lipinski definition) is 2. The Kier molecular flexibility index (Phi) is 8.21. The minimum atomic E-state index is 0.584. The van der Waals surface area contributed by atoms with Gasteiger partial charge >= 0.3 is 0 Å². The van der Waals surface area contributed by atoms with Crippen LogP contribution in [0.3, 0.4) is 0 Å². The van der Waals surface area contributed by atoms with Crippen molar-refractivity contribution in [3.05, 3.63) is 104 Å². The van der Waals surface area contributed by atoms with E-state index in [2.05, 4.69) is 51.8 Å². The summed E-state index contributed by atoms with van der Waals surface area (Å²) in [4.78, 5) is 0. The van der Waals surface area contributed by atoms with Crippen LogP contribution in [0, 0.1) is 0 Å². The zero-order valence-corrected chi connectivity index (χ0v) is 23.3. The van der Waals surface area contributed by atoms with Crippen molar-refractivity contribution in [3.8, 4) is 45.3 Å². The van der Waals surface area contributed by atoms with E-state index in [0.717, 1.165) is 68.9 Å². The van der Waals surface area contributed by atoms with Gasteiger partial charge in [0.1, 0.15) is 17.2 Å². The molecule has 0 aliphatic rings. The summed E-state index contributed by atoms with van der Waals surface area (Å²) >= 11 is 0. The van der Waals surface area contributed by atoms with Gasteiger partial charge in [0.2, 0.25) is 0 Å². The predicted octanol–water partition coefficient (Wildman–Crippen LogP) is 5.40. The lowest BCUT2D eigenvalue weighted by Crippen LogP contribution is -2.06. The van der Waals surface area contributed by atoms with Crippen molar-refractivity contribution >= 4 is 10.8 Å².